The molecule has 7 heteroatoms. The van der Waals surface area contributed by atoms with E-state index in [1.807, 2.05) is 30.3 Å². The van der Waals surface area contributed by atoms with Gasteiger partial charge in [0.2, 0.25) is 11.8 Å². The molecule has 1 saturated heterocycles. The molecule has 0 saturated carbocycles. The van der Waals surface area contributed by atoms with Gasteiger partial charge in [0, 0.05) is 28.5 Å². The molecule has 3 aliphatic carbocycles. The number of aromatic hydroxyl groups is 1. The van der Waals surface area contributed by atoms with Gasteiger partial charge < -0.3 is 5.11 Å². The first-order valence-corrected chi connectivity index (χ1v) is 11.6. The molecule has 2 N–H and O–H groups in total. The van der Waals surface area contributed by atoms with Crippen LogP contribution >= 0.6 is 15.9 Å². The van der Waals surface area contributed by atoms with Crippen molar-refractivity contribution in [2.45, 2.75) is 18.8 Å². The van der Waals surface area contributed by atoms with E-state index in [0.717, 1.165) is 16.5 Å². The number of amides is 2. The third-order valence-electron chi connectivity index (χ3n) is 7.42. The SMILES string of the molecule is O=C1C=C(Br)C(=O)C2=C1C(c1ccc(O)c3ccccc13)C1=CCC3C(=O)NC(=O)C3C1C2. The van der Waals surface area contributed by atoms with Gasteiger partial charge in [-0.2, -0.15) is 0 Å². The molecule has 0 radical (unpaired) electrons. The highest BCUT2D eigenvalue weighted by atomic mass is 79.9. The first-order chi connectivity index (χ1) is 15.9. The average Bonchev–Trinajstić information content (AvgIpc) is 3.10. The zero-order valence-electron chi connectivity index (χ0n) is 17.3. The third-order valence-corrected chi connectivity index (χ3v) is 8.01. The van der Waals surface area contributed by atoms with Crippen molar-refractivity contribution in [3.8, 4) is 5.75 Å². The van der Waals surface area contributed by atoms with Gasteiger partial charge in [-0.1, -0.05) is 42.0 Å². The summed E-state index contributed by atoms with van der Waals surface area (Å²) < 4.78 is 0.201. The number of imide groups is 1. The van der Waals surface area contributed by atoms with Gasteiger partial charge in [-0.3, -0.25) is 24.5 Å². The lowest BCUT2D eigenvalue weighted by atomic mass is 9.59. The minimum absolute atomic E-state index is 0.128. The fraction of sp³-hybridized carbons (Fsp3) is 0.231. The topological polar surface area (TPSA) is 101 Å². The van der Waals surface area contributed by atoms with E-state index in [9.17, 15) is 24.3 Å². The highest BCUT2D eigenvalue weighted by Crippen LogP contribution is 2.55. The summed E-state index contributed by atoms with van der Waals surface area (Å²) in [6.45, 7) is 0. The Morgan fingerprint density at radius 2 is 1.70 bits per heavy atom. The highest BCUT2D eigenvalue weighted by Gasteiger charge is 2.53. The summed E-state index contributed by atoms with van der Waals surface area (Å²) in [5.41, 5.74) is 2.50. The van der Waals surface area contributed by atoms with Crippen LogP contribution in [0.15, 0.2) is 69.8 Å². The predicted molar refractivity (Wildman–Crippen MR) is 123 cm³/mol. The molecular formula is C26H18BrNO5. The molecule has 2 amide bonds. The molecule has 0 bridgehead atoms. The van der Waals surface area contributed by atoms with Crippen LogP contribution in [0.2, 0.25) is 0 Å². The van der Waals surface area contributed by atoms with Crippen LogP contribution in [-0.2, 0) is 19.2 Å². The number of carbonyl (C=O) groups is 4. The first kappa shape index (κ1) is 20.3. The molecule has 2 aromatic rings. The van der Waals surface area contributed by atoms with Crippen molar-refractivity contribution in [2.75, 3.05) is 0 Å². The molecule has 0 aromatic heterocycles. The number of carbonyl (C=O) groups excluding carboxylic acids is 4. The molecule has 4 unspecified atom stereocenters. The Kier molecular flexibility index (Phi) is 4.36. The summed E-state index contributed by atoms with van der Waals surface area (Å²) in [6.07, 6.45) is 3.94. The van der Waals surface area contributed by atoms with Crippen LogP contribution in [0, 0.1) is 17.8 Å². The van der Waals surface area contributed by atoms with Gasteiger partial charge in [-0.15, -0.1) is 0 Å². The van der Waals surface area contributed by atoms with E-state index in [-0.39, 0.29) is 46.0 Å². The maximum absolute atomic E-state index is 13.3. The molecule has 164 valence electrons. The fourth-order valence-corrected chi connectivity index (χ4v) is 6.48. The number of ketones is 2. The molecule has 4 aliphatic rings. The van der Waals surface area contributed by atoms with Crippen LogP contribution in [0.3, 0.4) is 0 Å². The second kappa shape index (κ2) is 7.09. The summed E-state index contributed by atoms with van der Waals surface area (Å²) in [4.78, 5) is 51.6. The van der Waals surface area contributed by atoms with Crippen molar-refractivity contribution >= 4 is 50.1 Å². The molecule has 33 heavy (non-hydrogen) atoms. The Hall–Kier alpha value is -3.32. The third kappa shape index (κ3) is 2.78. The minimum Gasteiger partial charge on any atom is -0.507 e. The monoisotopic (exact) mass is 503 g/mol. The van der Waals surface area contributed by atoms with Crippen molar-refractivity contribution < 1.29 is 24.3 Å². The number of phenolic OH excluding ortho intramolecular Hbond substituents is 1. The van der Waals surface area contributed by atoms with E-state index in [1.165, 1.54) is 6.08 Å². The largest absolute Gasteiger partial charge is 0.507 e. The van der Waals surface area contributed by atoms with Gasteiger partial charge in [0.1, 0.15) is 5.75 Å². The van der Waals surface area contributed by atoms with Gasteiger partial charge in [0.15, 0.2) is 11.6 Å². The quantitative estimate of drug-likeness (QED) is 0.351. The number of allylic oxidation sites excluding steroid dienone is 6. The van der Waals surface area contributed by atoms with Gasteiger partial charge in [0.05, 0.1) is 16.3 Å². The molecule has 1 fully saturated rings. The summed E-state index contributed by atoms with van der Waals surface area (Å²) in [5.74, 6) is -2.90. The summed E-state index contributed by atoms with van der Waals surface area (Å²) in [7, 11) is 0. The lowest BCUT2D eigenvalue weighted by Gasteiger charge is -2.42. The zero-order valence-corrected chi connectivity index (χ0v) is 18.9. The molecule has 1 heterocycles. The molecule has 6 rings (SSSR count). The maximum atomic E-state index is 13.3. The normalized spacial score (nSPS) is 28.8. The lowest BCUT2D eigenvalue weighted by Crippen LogP contribution is -2.39. The van der Waals surface area contributed by atoms with Crippen molar-refractivity contribution in [3.63, 3.8) is 0 Å². The Labute approximate surface area is 197 Å². The second-order valence-corrected chi connectivity index (χ2v) is 9.82. The molecule has 1 aliphatic heterocycles. The number of rotatable bonds is 1. The number of hydrogen-bond donors (Lipinski definition) is 2. The van der Waals surface area contributed by atoms with E-state index in [1.54, 1.807) is 12.1 Å². The first-order valence-electron chi connectivity index (χ1n) is 10.8. The number of fused-ring (bicyclic) bond motifs is 4. The van der Waals surface area contributed by atoms with E-state index >= 15 is 0 Å². The van der Waals surface area contributed by atoms with Crippen molar-refractivity contribution in [2.24, 2.45) is 17.8 Å². The average molecular weight is 504 g/mol. The Morgan fingerprint density at radius 1 is 0.939 bits per heavy atom. The fourth-order valence-electron chi connectivity index (χ4n) is 6.03. The van der Waals surface area contributed by atoms with Crippen LogP contribution in [0.4, 0.5) is 0 Å². The lowest BCUT2D eigenvalue weighted by molar-refractivity contribution is -0.126. The van der Waals surface area contributed by atoms with Gasteiger partial charge >= 0.3 is 0 Å². The minimum atomic E-state index is -0.565. The number of hydrogen-bond acceptors (Lipinski definition) is 5. The maximum Gasteiger partial charge on any atom is 0.231 e. The van der Waals surface area contributed by atoms with Crippen LogP contribution in [-0.4, -0.2) is 28.5 Å². The second-order valence-electron chi connectivity index (χ2n) is 8.97. The van der Waals surface area contributed by atoms with Crippen molar-refractivity contribution in [3.05, 3.63) is 75.3 Å². The van der Waals surface area contributed by atoms with Crippen LogP contribution in [0.5, 0.6) is 5.75 Å². The van der Waals surface area contributed by atoms with E-state index in [4.69, 9.17) is 0 Å². The van der Waals surface area contributed by atoms with Crippen LogP contribution in [0.1, 0.15) is 24.3 Å². The number of nitrogens with one attached hydrogen (secondary N) is 1. The van der Waals surface area contributed by atoms with Gasteiger partial charge in [0.25, 0.3) is 0 Å². The molecule has 2 aromatic carbocycles. The smallest absolute Gasteiger partial charge is 0.231 e. The van der Waals surface area contributed by atoms with Crippen LogP contribution < -0.4 is 5.32 Å². The Balaban J connectivity index is 1.63. The molecule has 4 atom stereocenters. The number of benzene rings is 2. The zero-order chi connectivity index (χ0) is 23.0. The number of phenols is 1. The van der Waals surface area contributed by atoms with Gasteiger partial charge in [-0.05, 0) is 51.7 Å². The number of halogens is 1. The Bertz CT molecular complexity index is 1420. The van der Waals surface area contributed by atoms with E-state index in [0.29, 0.717) is 23.0 Å². The molecular weight excluding hydrogens is 486 g/mol. The van der Waals surface area contributed by atoms with Crippen molar-refractivity contribution in [1.82, 2.24) is 5.32 Å². The van der Waals surface area contributed by atoms with Gasteiger partial charge in [-0.25, -0.2) is 0 Å². The highest BCUT2D eigenvalue weighted by molar-refractivity contribution is 9.12. The van der Waals surface area contributed by atoms with E-state index in [2.05, 4.69) is 21.2 Å². The summed E-state index contributed by atoms with van der Waals surface area (Å²) >= 11 is 3.22. The predicted octanol–water partition coefficient (Wildman–Crippen LogP) is 3.60. The Morgan fingerprint density at radius 3 is 2.48 bits per heavy atom. The summed E-state index contributed by atoms with van der Waals surface area (Å²) in [6, 6.07) is 10.8. The summed E-state index contributed by atoms with van der Waals surface area (Å²) in [5, 5.41) is 14.3. The van der Waals surface area contributed by atoms with Crippen molar-refractivity contribution in [1.29, 1.82) is 0 Å². The number of Topliss-reactive ketones (excluding diaryl/α,β-unsaturated/α-hetero) is 1. The van der Waals surface area contributed by atoms with E-state index < -0.39 is 17.8 Å². The molecule has 0 spiro atoms. The standard InChI is InChI=1S/C26H18BrNO5/c27-18-10-20(30)23-17(24(18)31)9-16-14(5-6-15-22(16)26(33)28-25(15)32)21(23)13-7-8-19(29)12-4-2-1-3-11(12)13/h1-5,7-8,10,15-16,21-22,29H,6,9H2,(H,28,32,33). The van der Waals surface area contributed by atoms with Crippen LogP contribution in [0.25, 0.3) is 10.8 Å². The molecule has 6 nitrogen and oxygen atoms in total.